The fourth-order valence-corrected chi connectivity index (χ4v) is 3.63. The number of aryl methyl sites for hydroxylation is 1. The Morgan fingerprint density at radius 2 is 1.70 bits per heavy atom. The highest BCUT2D eigenvalue weighted by molar-refractivity contribution is 7.92. The molecule has 0 fully saturated rings. The van der Waals surface area contributed by atoms with Crippen molar-refractivity contribution in [2.24, 2.45) is 0 Å². The van der Waals surface area contributed by atoms with E-state index in [1.54, 1.807) is 36.4 Å². The van der Waals surface area contributed by atoms with E-state index >= 15 is 0 Å². The summed E-state index contributed by atoms with van der Waals surface area (Å²) in [5, 5.41) is 11.3. The lowest BCUT2D eigenvalue weighted by Crippen LogP contribution is -2.14. The van der Waals surface area contributed by atoms with Gasteiger partial charge in [-0.3, -0.25) is 4.72 Å². The number of rotatable bonds is 4. The lowest BCUT2D eigenvalue weighted by atomic mass is 10.1. The molecule has 0 saturated heterocycles. The average Bonchev–Trinajstić information content (AvgIpc) is 2.55. The number of fused-ring (bicyclic) bond motifs is 1. The molecule has 4 nitrogen and oxygen atoms in total. The van der Waals surface area contributed by atoms with Crippen LogP contribution in [0.4, 0.5) is 5.69 Å². The first-order valence-corrected chi connectivity index (χ1v) is 8.70. The molecule has 23 heavy (non-hydrogen) atoms. The van der Waals surface area contributed by atoms with Crippen LogP contribution in [0.2, 0.25) is 0 Å². The van der Waals surface area contributed by atoms with Crippen LogP contribution in [0.1, 0.15) is 11.1 Å². The Kier molecular flexibility index (Phi) is 4.07. The molecule has 3 aromatic rings. The van der Waals surface area contributed by atoms with Gasteiger partial charge in [-0.2, -0.15) is 0 Å². The Labute approximate surface area is 135 Å². The molecule has 0 aliphatic carbocycles. The summed E-state index contributed by atoms with van der Waals surface area (Å²) >= 11 is 0. The highest BCUT2D eigenvalue weighted by Gasteiger charge is 2.16. The summed E-state index contributed by atoms with van der Waals surface area (Å²) in [6.07, 6.45) is 0. The molecular weight excluding hydrogens is 310 g/mol. The maximum Gasteiger partial charge on any atom is 0.261 e. The third-order valence-electron chi connectivity index (χ3n) is 3.71. The third kappa shape index (κ3) is 3.21. The standard InChI is InChI=1S/C18H17NO3S/c1-13-6-9-18(16(10-13)12-20)19-23(21,22)17-8-7-14-4-2-3-5-15(14)11-17/h2-11,19-20H,12H2,1H3. The molecular formula is C18H17NO3S. The van der Waals surface area contributed by atoms with Gasteiger partial charge in [-0.15, -0.1) is 0 Å². The van der Waals surface area contributed by atoms with Gasteiger partial charge in [0, 0.05) is 5.56 Å². The zero-order chi connectivity index (χ0) is 16.4. The summed E-state index contributed by atoms with van der Waals surface area (Å²) in [4.78, 5) is 0.195. The summed E-state index contributed by atoms with van der Waals surface area (Å²) in [5.41, 5.74) is 1.91. The normalized spacial score (nSPS) is 11.6. The van der Waals surface area contributed by atoms with E-state index in [2.05, 4.69) is 4.72 Å². The van der Waals surface area contributed by atoms with E-state index in [0.717, 1.165) is 16.3 Å². The number of hydrogen-bond donors (Lipinski definition) is 2. The maximum atomic E-state index is 12.6. The van der Waals surface area contributed by atoms with Crippen molar-refractivity contribution in [3.8, 4) is 0 Å². The number of nitrogens with one attached hydrogen (secondary N) is 1. The van der Waals surface area contributed by atoms with Crippen molar-refractivity contribution in [2.45, 2.75) is 18.4 Å². The molecule has 0 unspecified atom stereocenters. The van der Waals surface area contributed by atoms with Gasteiger partial charge in [0.2, 0.25) is 0 Å². The molecule has 3 aromatic carbocycles. The van der Waals surface area contributed by atoms with Crippen molar-refractivity contribution in [1.29, 1.82) is 0 Å². The van der Waals surface area contributed by atoms with Crippen LogP contribution in [0.5, 0.6) is 0 Å². The largest absolute Gasteiger partial charge is 0.392 e. The SMILES string of the molecule is Cc1ccc(NS(=O)(=O)c2ccc3ccccc3c2)c(CO)c1. The van der Waals surface area contributed by atoms with Crippen molar-refractivity contribution in [3.05, 3.63) is 71.8 Å². The molecule has 118 valence electrons. The minimum Gasteiger partial charge on any atom is -0.392 e. The van der Waals surface area contributed by atoms with Crippen LogP contribution in [0.3, 0.4) is 0 Å². The molecule has 5 heteroatoms. The van der Waals surface area contributed by atoms with Crippen LogP contribution in [-0.2, 0) is 16.6 Å². The summed E-state index contributed by atoms with van der Waals surface area (Å²) < 4.78 is 27.8. The summed E-state index contributed by atoms with van der Waals surface area (Å²) in [5.74, 6) is 0. The quantitative estimate of drug-likeness (QED) is 0.771. The average molecular weight is 327 g/mol. The number of anilines is 1. The number of aliphatic hydroxyl groups excluding tert-OH is 1. The highest BCUT2D eigenvalue weighted by atomic mass is 32.2. The van der Waals surface area contributed by atoms with Gasteiger partial charge in [-0.05, 0) is 35.9 Å². The second kappa shape index (κ2) is 6.02. The van der Waals surface area contributed by atoms with Gasteiger partial charge in [-0.25, -0.2) is 8.42 Å². The molecule has 2 N–H and O–H groups in total. The molecule has 0 aliphatic rings. The van der Waals surface area contributed by atoms with Gasteiger partial charge in [0.05, 0.1) is 17.2 Å². The third-order valence-corrected chi connectivity index (χ3v) is 5.07. The summed E-state index contributed by atoms with van der Waals surface area (Å²) in [6, 6.07) is 17.8. The molecule has 0 aliphatic heterocycles. The van der Waals surface area contributed by atoms with Gasteiger partial charge in [0.25, 0.3) is 10.0 Å². The topological polar surface area (TPSA) is 66.4 Å². The first kappa shape index (κ1) is 15.5. The van der Waals surface area contributed by atoms with Gasteiger partial charge in [0.1, 0.15) is 0 Å². The van der Waals surface area contributed by atoms with Crippen LogP contribution >= 0.6 is 0 Å². The van der Waals surface area contributed by atoms with E-state index in [0.29, 0.717) is 11.3 Å². The number of benzene rings is 3. The fourth-order valence-electron chi connectivity index (χ4n) is 2.49. The predicted molar refractivity (Wildman–Crippen MR) is 91.9 cm³/mol. The predicted octanol–water partition coefficient (Wildman–Crippen LogP) is 3.44. The first-order valence-electron chi connectivity index (χ1n) is 7.21. The van der Waals surface area contributed by atoms with Crippen molar-refractivity contribution < 1.29 is 13.5 Å². The van der Waals surface area contributed by atoms with Gasteiger partial charge < -0.3 is 5.11 Å². The smallest absolute Gasteiger partial charge is 0.261 e. The van der Waals surface area contributed by atoms with Gasteiger partial charge in [0.15, 0.2) is 0 Å². The Morgan fingerprint density at radius 3 is 2.43 bits per heavy atom. The second-order valence-corrected chi connectivity index (χ2v) is 7.12. The lowest BCUT2D eigenvalue weighted by molar-refractivity contribution is 0.282. The molecule has 3 rings (SSSR count). The van der Waals surface area contributed by atoms with Crippen LogP contribution in [-0.4, -0.2) is 13.5 Å². The van der Waals surface area contributed by atoms with E-state index in [9.17, 15) is 13.5 Å². The minimum atomic E-state index is -3.71. The molecule has 0 amide bonds. The minimum absolute atomic E-state index is 0.195. The zero-order valence-electron chi connectivity index (χ0n) is 12.7. The van der Waals surface area contributed by atoms with Crippen LogP contribution in [0.15, 0.2) is 65.6 Å². The van der Waals surface area contributed by atoms with Crippen LogP contribution in [0, 0.1) is 6.92 Å². The van der Waals surface area contributed by atoms with E-state index in [4.69, 9.17) is 0 Å². The first-order chi connectivity index (χ1) is 11.0. The Morgan fingerprint density at radius 1 is 0.957 bits per heavy atom. The molecule has 0 heterocycles. The number of aliphatic hydroxyl groups is 1. The molecule has 0 radical (unpaired) electrons. The Bertz CT molecular complexity index is 965. The van der Waals surface area contributed by atoms with E-state index in [1.807, 2.05) is 31.2 Å². The Hall–Kier alpha value is -2.37. The van der Waals surface area contributed by atoms with E-state index in [-0.39, 0.29) is 11.5 Å². The fraction of sp³-hybridized carbons (Fsp3) is 0.111. The van der Waals surface area contributed by atoms with Gasteiger partial charge >= 0.3 is 0 Å². The summed E-state index contributed by atoms with van der Waals surface area (Å²) in [6.45, 7) is 1.66. The summed E-state index contributed by atoms with van der Waals surface area (Å²) in [7, 11) is -3.71. The number of hydrogen-bond acceptors (Lipinski definition) is 3. The zero-order valence-corrected chi connectivity index (χ0v) is 13.5. The second-order valence-electron chi connectivity index (χ2n) is 5.43. The van der Waals surface area contributed by atoms with Crippen molar-refractivity contribution in [1.82, 2.24) is 0 Å². The molecule has 0 saturated carbocycles. The van der Waals surface area contributed by atoms with Crippen molar-refractivity contribution in [2.75, 3.05) is 4.72 Å². The number of sulfonamides is 1. The monoisotopic (exact) mass is 327 g/mol. The van der Waals surface area contributed by atoms with E-state index in [1.165, 1.54) is 0 Å². The van der Waals surface area contributed by atoms with Crippen molar-refractivity contribution >= 4 is 26.5 Å². The molecule has 0 atom stereocenters. The molecule has 0 aromatic heterocycles. The maximum absolute atomic E-state index is 12.6. The van der Waals surface area contributed by atoms with Gasteiger partial charge in [-0.1, -0.05) is 48.0 Å². The molecule has 0 spiro atoms. The van der Waals surface area contributed by atoms with Crippen molar-refractivity contribution in [3.63, 3.8) is 0 Å². The van der Waals surface area contributed by atoms with Crippen LogP contribution in [0.25, 0.3) is 10.8 Å². The highest BCUT2D eigenvalue weighted by Crippen LogP contribution is 2.24. The van der Waals surface area contributed by atoms with Crippen LogP contribution < -0.4 is 4.72 Å². The van der Waals surface area contributed by atoms with E-state index < -0.39 is 10.0 Å². The Balaban J connectivity index is 2.00. The lowest BCUT2D eigenvalue weighted by Gasteiger charge is -2.12. The molecule has 0 bridgehead atoms.